The summed E-state index contributed by atoms with van der Waals surface area (Å²) < 4.78 is 5.63. The molecule has 0 aromatic heterocycles. The number of fused-ring (bicyclic) bond motifs is 3. The van der Waals surface area contributed by atoms with Crippen LogP contribution in [0.4, 0.5) is 0 Å². The third kappa shape index (κ3) is 1.96. The fourth-order valence-electron chi connectivity index (χ4n) is 5.05. The zero-order chi connectivity index (χ0) is 16.3. The molecule has 0 amide bonds. The minimum atomic E-state index is -0.0308. The van der Waals surface area contributed by atoms with Gasteiger partial charge >= 0.3 is 0 Å². The lowest BCUT2D eigenvalue weighted by Gasteiger charge is -2.46. The van der Waals surface area contributed by atoms with Gasteiger partial charge in [-0.25, -0.2) is 0 Å². The maximum Gasteiger partial charge on any atom is 0.167 e. The Bertz CT molecular complexity index is 627. The first kappa shape index (κ1) is 15.6. The van der Waals surface area contributed by atoms with Gasteiger partial charge in [0.2, 0.25) is 0 Å². The Morgan fingerprint density at radius 1 is 1.18 bits per heavy atom. The summed E-state index contributed by atoms with van der Waals surface area (Å²) in [4.78, 5) is 13.2. The number of benzene rings is 1. The zero-order valence-electron chi connectivity index (χ0n) is 14.7. The van der Waals surface area contributed by atoms with E-state index in [4.69, 9.17) is 4.74 Å². The Balaban J connectivity index is 2.23. The summed E-state index contributed by atoms with van der Waals surface area (Å²) in [6.07, 6.45) is 3.44. The Kier molecular flexibility index (Phi) is 3.43. The molecule has 2 heteroatoms. The molecule has 0 N–H and O–H groups in total. The maximum absolute atomic E-state index is 13.2. The van der Waals surface area contributed by atoms with Crippen LogP contribution in [-0.2, 0) is 5.41 Å². The first-order valence-electron chi connectivity index (χ1n) is 8.49. The second-order valence-electron chi connectivity index (χ2n) is 8.35. The number of hydrogen-bond acceptors (Lipinski definition) is 2. The van der Waals surface area contributed by atoms with Crippen LogP contribution in [0.5, 0.6) is 5.75 Å². The Labute approximate surface area is 134 Å². The van der Waals surface area contributed by atoms with Crippen LogP contribution in [0.25, 0.3) is 0 Å². The number of methoxy groups -OCH3 is 1. The van der Waals surface area contributed by atoms with Gasteiger partial charge in [-0.3, -0.25) is 4.79 Å². The number of Topliss-reactive ketones (excluding diaryl/α,β-unsaturated/α-hetero) is 1. The van der Waals surface area contributed by atoms with Gasteiger partial charge in [-0.2, -0.15) is 0 Å². The third-order valence-electron chi connectivity index (χ3n) is 6.07. The van der Waals surface area contributed by atoms with Crippen LogP contribution >= 0.6 is 0 Å². The zero-order valence-corrected chi connectivity index (χ0v) is 14.7. The lowest BCUT2D eigenvalue weighted by atomic mass is 9.56. The van der Waals surface area contributed by atoms with Crippen molar-refractivity contribution in [2.24, 2.45) is 11.3 Å². The van der Waals surface area contributed by atoms with Crippen molar-refractivity contribution < 1.29 is 9.53 Å². The number of ketones is 1. The predicted molar refractivity (Wildman–Crippen MR) is 89.9 cm³/mol. The monoisotopic (exact) mass is 300 g/mol. The summed E-state index contributed by atoms with van der Waals surface area (Å²) in [5.41, 5.74) is 3.36. The molecule has 120 valence electrons. The number of hydrogen-bond donors (Lipinski definition) is 0. The van der Waals surface area contributed by atoms with Crippen LogP contribution in [0.1, 0.15) is 81.3 Å². The Morgan fingerprint density at radius 3 is 2.45 bits per heavy atom. The van der Waals surface area contributed by atoms with Crippen molar-refractivity contribution in [1.29, 1.82) is 0 Å². The number of rotatable bonds is 2. The van der Waals surface area contributed by atoms with Crippen molar-refractivity contribution in [3.05, 3.63) is 28.8 Å². The van der Waals surface area contributed by atoms with Gasteiger partial charge in [-0.05, 0) is 47.4 Å². The normalized spacial score (nSPS) is 29.4. The van der Waals surface area contributed by atoms with Crippen molar-refractivity contribution in [2.75, 3.05) is 7.11 Å². The molecule has 1 aromatic rings. The average molecular weight is 300 g/mol. The van der Waals surface area contributed by atoms with Crippen LogP contribution in [0, 0.1) is 11.3 Å². The van der Waals surface area contributed by atoms with E-state index in [0.29, 0.717) is 11.7 Å². The molecule has 3 rings (SSSR count). The Hall–Kier alpha value is -1.31. The number of carbonyl (C=O) groups is 1. The molecule has 2 atom stereocenters. The van der Waals surface area contributed by atoms with Gasteiger partial charge in [-0.15, -0.1) is 0 Å². The van der Waals surface area contributed by atoms with Gasteiger partial charge in [0, 0.05) is 16.9 Å². The highest BCUT2D eigenvalue weighted by Gasteiger charge is 2.56. The quantitative estimate of drug-likeness (QED) is 0.759. The molecular formula is C20H28O2. The number of carbonyl (C=O) groups excluding carboxylic acids is 1. The number of ether oxygens (including phenoxy) is 1. The molecule has 1 saturated carbocycles. The molecular weight excluding hydrogens is 272 g/mol. The van der Waals surface area contributed by atoms with Crippen LogP contribution in [0.3, 0.4) is 0 Å². The van der Waals surface area contributed by atoms with Gasteiger partial charge in [-0.1, -0.05) is 41.0 Å². The second kappa shape index (κ2) is 4.84. The van der Waals surface area contributed by atoms with E-state index in [1.165, 1.54) is 12.0 Å². The summed E-state index contributed by atoms with van der Waals surface area (Å²) in [5, 5.41) is 0. The lowest BCUT2D eigenvalue weighted by molar-refractivity contribution is 0.0500. The summed E-state index contributed by atoms with van der Waals surface area (Å²) in [6, 6.07) is 4.27. The average Bonchev–Trinajstić information content (AvgIpc) is 2.66. The molecule has 0 saturated heterocycles. The van der Waals surface area contributed by atoms with E-state index in [2.05, 4.69) is 46.8 Å². The molecule has 2 aliphatic carbocycles. The summed E-state index contributed by atoms with van der Waals surface area (Å²) in [7, 11) is 1.73. The first-order chi connectivity index (χ1) is 10.2. The summed E-state index contributed by atoms with van der Waals surface area (Å²) >= 11 is 0. The molecule has 1 fully saturated rings. The van der Waals surface area contributed by atoms with E-state index in [-0.39, 0.29) is 16.7 Å². The van der Waals surface area contributed by atoms with E-state index in [0.717, 1.165) is 29.7 Å². The minimum Gasteiger partial charge on any atom is -0.496 e. The predicted octanol–water partition coefficient (Wildman–Crippen LogP) is 5.10. The minimum absolute atomic E-state index is 0.0308. The summed E-state index contributed by atoms with van der Waals surface area (Å²) in [5.74, 6) is 1.76. The van der Waals surface area contributed by atoms with Crippen molar-refractivity contribution in [1.82, 2.24) is 0 Å². The molecule has 0 spiro atoms. The Morgan fingerprint density at radius 2 is 1.86 bits per heavy atom. The van der Waals surface area contributed by atoms with Crippen molar-refractivity contribution in [2.45, 2.75) is 65.2 Å². The topological polar surface area (TPSA) is 26.3 Å². The lowest BCUT2D eigenvalue weighted by Crippen LogP contribution is -2.44. The first-order valence-corrected chi connectivity index (χ1v) is 8.49. The largest absolute Gasteiger partial charge is 0.496 e. The van der Waals surface area contributed by atoms with Crippen molar-refractivity contribution in [3.8, 4) is 5.75 Å². The van der Waals surface area contributed by atoms with Crippen molar-refractivity contribution in [3.63, 3.8) is 0 Å². The van der Waals surface area contributed by atoms with E-state index < -0.39 is 0 Å². The second-order valence-corrected chi connectivity index (χ2v) is 8.35. The summed E-state index contributed by atoms with van der Waals surface area (Å²) in [6.45, 7) is 11.1. The maximum atomic E-state index is 13.2. The third-order valence-corrected chi connectivity index (χ3v) is 6.07. The van der Waals surface area contributed by atoms with E-state index >= 15 is 0 Å². The van der Waals surface area contributed by atoms with Crippen LogP contribution in [0.15, 0.2) is 12.1 Å². The molecule has 0 radical (unpaired) electrons. The SMILES string of the molecule is COc1cc2c(cc1C(C)C)C(=O)[C@@H]1C(C)(C)CCC[C@]21C. The van der Waals surface area contributed by atoms with E-state index in [1.807, 2.05) is 0 Å². The van der Waals surface area contributed by atoms with E-state index in [9.17, 15) is 4.79 Å². The highest BCUT2D eigenvalue weighted by atomic mass is 16.5. The van der Waals surface area contributed by atoms with Gasteiger partial charge in [0.1, 0.15) is 5.75 Å². The molecule has 2 nitrogen and oxygen atoms in total. The fraction of sp³-hybridized carbons (Fsp3) is 0.650. The van der Waals surface area contributed by atoms with E-state index in [1.54, 1.807) is 7.11 Å². The van der Waals surface area contributed by atoms with Crippen LogP contribution < -0.4 is 4.74 Å². The fourth-order valence-corrected chi connectivity index (χ4v) is 5.05. The van der Waals surface area contributed by atoms with Crippen LogP contribution in [0.2, 0.25) is 0 Å². The molecule has 0 unspecified atom stereocenters. The van der Waals surface area contributed by atoms with Gasteiger partial charge in [0.05, 0.1) is 7.11 Å². The molecule has 1 aromatic carbocycles. The van der Waals surface area contributed by atoms with Crippen molar-refractivity contribution >= 4 is 5.78 Å². The van der Waals surface area contributed by atoms with Crippen LogP contribution in [-0.4, -0.2) is 12.9 Å². The van der Waals surface area contributed by atoms with Gasteiger partial charge < -0.3 is 4.74 Å². The molecule has 0 bridgehead atoms. The van der Waals surface area contributed by atoms with Gasteiger partial charge in [0.25, 0.3) is 0 Å². The molecule has 2 aliphatic rings. The molecule has 0 aliphatic heterocycles. The highest BCUT2D eigenvalue weighted by molar-refractivity contribution is 6.05. The smallest absolute Gasteiger partial charge is 0.167 e. The molecule has 0 heterocycles. The van der Waals surface area contributed by atoms with Gasteiger partial charge in [0.15, 0.2) is 5.78 Å². The molecule has 22 heavy (non-hydrogen) atoms. The highest BCUT2D eigenvalue weighted by Crippen LogP contribution is 2.59. The standard InChI is InChI=1S/C20H28O2/c1-12(2)13-10-14-15(11-16(13)22-6)20(5)9-7-8-19(3,4)18(20)17(14)21/h10-12,18H,7-9H2,1-6H3/t18-,20-/m1/s1.